The molecule has 0 spiro atoms. The van der Waals surface area contributed by atoms with Crippen LogP contribution in [-0.4, -0.2) is 15.2 Å². The van der Waals surface area contributed by atoms with Gasteiger partial charge in [0.1, 0.15) is 0 Å². The van der Waals surface area contributed by atoms with Crippen LogP contribution in [0.5, 0.6) is 0 Å². The summed E-state index contributed by atoms with van der Waals surface area (Å²) in [4.78, 5) is 4.55. The molecule has 6 heteroatoms. The standard InChI is InChI=1S/C12H18N4OS/c1-4-10-15-16-11(17-10)6-13-8(3)9-7-18-12(5-2)14-9/h7-8,13H,4-6H2,1-3H3/t8-/m0/s1. The molecule has 0 saturated heterocycles. The lowest BCUT2D eigenvalue weighted by molar-refractivity contribution is 0.420. The Labute approximate surface area is 111 Å². The Hall–Kier alpha value is -1.27. The molecule has 18 heavy (non-hydrogen) atoms. The van der Waals surface area contributed by atoms with E-state index in [9.17, 15) is 0 Å². The number of rotatable bonds is 6. The van der Waals surface area contributed by atoms with Gasteiger partial charge in [-0.2, -0.15) is 0 Å². The molecule has 2 aromatic rings. The first-order valence-corrected chi connectivity index (χ1v) is 7.09. The van der Waals surface area contributed by atoms with Crippen LogP contribution in [0.4, 0.5) is 0 Å². The van der Waals surface area contributed by atoms with E-state index in [-0.39, 0.29) is 6.04 Å². The van der Waals surface area contributed by atoms with E-state index in [0.29, 0.717) is 18.3 Å². The monoisotopic (exact) mass is 266 g/mol. The summed E-state index contributed by atoms with van der Waals surface area (Å²) in [5.74, 6) is 1.31. The fourth-order valence-electron chi connectivity index (χ4n) is 1.53. The van der Waals surface area contributed by atoms with Crippen LogP contribution in [0, 0.1) is 0 Å². The summed E-state index contributed by atoms with van der Waals surface area (Å²) in [6.07, 6.45) is 1.76. The van der Waals surface area contributed by atoms with E-state index in [1.807, 2.05) is 6.92 Å². The Morgan fingerprint density at radius 1 is 1.28 bits per heavy atom. The maximum absolute atomic E-state index is 5.44. The molecule has 0 unspecified atom stereocenters. The highest BCUT2D eigenvalue weighted by Gasteiger charge is 2.11. The zero-order valence-corrected chi connectivity index (χ0v) is 11.8. The normalized spacial score (nSPS) is 12.8. The number of thiazole rings is 1. The fourth-order valence-corrected chi connectivity index (χ4v) is 2.37. The van der Waals surface area contributed by atoms with Gasteiger partial charge in [0.15, 0.2) is 0 Å². The summed E-state index contributed by atoms with van der Waals surface area (Å²) in [5.41, 5.74) is 1.08. The zero-order chi connectivity index (χ0) is 13.0. The van der Waals surface area contributed by atoms with Crippen LogP contribution in [0.3, 0.4) is 0 Å². The van der Waals surface area contributed by atoms with E-state index in [0.717, 1.165) is 18.5 Å². The first-order valence-electron chi connectivity index (χ1n) is 6.21. The molecule has 0 amide bonds. The minimum Gasteiger partial charge on any atom is -0.424 e. The maximum atomic E-state index is 5.44. The molecule has 2 rings (SSSR count). The van der Waals surface area contributed by atoms with Crippen molar-refractivity contribution in [2.75, 3.05) is 0 Å². The average molecular weight is 266 g/mol. The Balaban J connectivity index is 1.89. The van der Waals surface area contributed by atoms with Gasteiger partial charge >= 0.3 is 0 Å². The van der Waals surface area contributed by atoms with Crippen molar-refractivity contribution in [1.82, 2.24) is 20.5 Å². The van der Waals surface area contributed by atoms with Gasteiger partial charge in [-0.3, -0.25) is 0 Å². The third-order valence-electron chi connectivity index (χ3n) is 2.69. The molecule has 0 aromatic carbocycles. The SMILES string of the molecule is CCc1nnc(CN[C@@H](C)c2csc(CC)n2)o1. The fraction of sp³-hybridized carbons (Fsp3) is 0.583. The number of hydrogen-bond donors (Lipinski definition) is 1. The van der Waals surface area contributed by atoms with Crippen molar-refractivity contribution in [3.8, 4) is 0 Å². The van der Waals surface area contributed by atoms with E-state index in [2.05, 4.69) is 39.7 Å². The van der Waals surface area contributed by atoms with Crippen LogP contribution in [-0.2, 0) is 19.4 Å². The van der Waals surface area contributed by atoms with Crippen LogP contribution < -0.4 is 5.32 Å². The van der Waals surface area contributed by atoms with E-state index >= 15 is 0 Å². The van der Waals surface area contributed by atoms with Crippen molar-refractivity contribution in [2.45, 2.75) is 46.2 Å². The van der Waals surface area contributed by atoms with Crippen molar-refractivity contribution >= 4 is 11.3 Å². The first-order chi connectivity index (χ1) is 8.72. The summed E-state index contributed by atoms with van der Waals surface area (Å²) < 4.78 is 5.44. The van der Waals surface area contributed by atoms with Gasteiger partial charge in [0.2, 0.25) is 11.8 Å². The molecule has 2 aromatic heterocycles. The second-order valence-electron chi connectivity index (χ2n) is 4.07. The minimum absolute atomic E-state index is 0.193. The highest BCUT2D eigenvalue weighted by Crippen LogP contribution is 2.17. The number of hydrogen-bond acceptors (Lipinski definition) is 6. The van der Waals surface area contributed by atoms with Crippen LogP contribution in [0.15, 0.2) is 9.80 Å². The average Bonchev–Trinajstić information content (AvgIpc) is 3.04. The molecule has 1 N–H and O–H groups in total. The summed E-state index contributed by atoms with van der Waals surface area (Å²) in [6, 6.07) is 0.193. The minimum atomic E-state index is 0.193. The van der Waals surface area contributed by atoms with E-state index in [1.165, 1.54) is 5.01 Å². The van der Waals surface area contributed by atoms with Crippen LogP contribution in [0.25, 0.3) is 0 Å². The molecule has 98 valence electrons. The number of aryl methyl sites for hydroxylation is 2. The van der Waals surface area contributed by atoms with Gasteiger partial charge in [-0.1, -0.05) is 13.8 Å². The molecule has 1 atom stereocenters. The molecular formula is C12H18N4OS. The third kappa shape index (κ3) is 3.14. The van der Waals surface area contributed by atoms with Crippen LogP contribution in [0.2, 0.25) is 0 Å². The quantitative estimate of drug-likeness (QED) is 0.870. The molecule has 0 saturated carbocycles. The molecule has 0 radical (unpaired) electrons. The maximum Gasteiger partial charge on any atom is 0.230 e. The van der Waals surface area contributed by atoms with Gasteiger partial charge in [0, 0.05) is 17.8 Å². The van der Waals surface area contributed by atoms with E-state index in [4.69, 9.17) is 4.42 Å². The Kier molecular flexibility index (Phi) is 4.43. The molecule has 0 fully saturated rings. The predicted molar refractivity (Wildman–Crippen MR) is 70.4 cm³/mol. The van der Waals surface area contributed by atoms with Gasteiger partial charge in [0.25, 0.3) is 0 Å². The molecule has 0 bridgehead atoms. The van der Waals surface area contributed by atoms with E-state index < -0.39 is 0 Å². The van der Waals surface area contributed by atoms with Crippen molar-refractivity contribution in [3.05, 3.63) is 27.9 Å². The topological polar surface area (TPSA) is 63.8 Å². The largest absolute Gasteiger partial charge is 0.424 e. The lowest BCUT2D eigenvalue weighted by atomic mass is 10.2. The van der Waals surface area contributed by atoms with Crippen molar-refractivity contribution in [1.29, 1.82) is 0 Å². The van der Waals surface area contributed by atoms with Crippen molar-refractivity contribution in [3.63, 3.8) is 0 Å². The van der Waals surface area contributed by atoms with Gasteiger partial charge in [-0.05, 0) is 13.3 Å². The molecule has 0 aliphatic heterocycles. The van der Waals surface area contributed by atoms with Crippen molar-refractivity contribution in [2.24, 2.45) is 0 Å². The summed E-state index contributed by atoms with van der Waals surface area (Å²) in [6.45, 7) is 6.78. The van der Waals surface area contributed by atoms with Gasteiger partial charge in [0.05, 0.1) is 17.2 Å². The van der Waals surface area contributed by atoms with Crippen molar-refractivity contribution < 1.29 is 4.42 Å². The van der Waals surface area contributed by atoms with Crippen LogP contribution in [0.1, 0.15) is 49.3 Å². The Morgan fingerprint density at radius 2 is 2.06 bits per heavy atom. The summed E-state index contributed by atoms with van der Waals surface area (Å²) >= 11 is 1.70. The smallest absolute Gasteiger partial charge is 0.230 e. The third-order valence-corrected chi connectivity index (χ3v) is 3.70. The first kappa shape index (κ1) is 13.2. The zero-order valence-electron chi connectivity index (χ0n) is 10.9. The highest BCUT2D eigenvalue weighted by molar-refractivity contribution is 7.09. The van der Waals surface area contributed by atoms with Gasteiger partial charge in [-0.25, -0.2) is 4.98 Å². The lowest BCUT2D eigenvalue weighted by Gasteiger charge is -2.08. The molecule has 0 aliphatic carbocycles. The Morgan fingerprint density at radius 3 is 2.67 bits per heavy atom. The van der Waals surface area contributed by atoms with E-state index in [1.54, 1.807) is 11.3 Å². The summed E-state index contributed by atoms with van der Waals surface area (Å²) in [5, 5.41) is 14.5. The van der Waals surface area contributed by atoms with Gasteiger partial charge in [-0.15, -0.1) is 21.5 Å². The summed E-state index contributed by atoms with van der Waals surface area (Å²) in [7, 11) is 0. The predicted octanol–water partition coefficient (Wildman–Crippen LogP) is 2.50. The highest BCUT2D eigenvalue weighted by atomic mass is 32.1. The molecular weight excluding hydrogens is 248 g/mol. The number of nitrogens with zero attached hydrogens (tertiary/aromatic N) is 3. The van der Waals surface area contributed by atoms with Crippen LogP contribution >= 0.6 is 11.3 Å². The van der Waals surface area contributed by atoms with Gasteiger partial charge < -0.3 is 9.73 Å². The molecule has 0 aliphatic rings. The number of nitrogens with one attached hydrogen (secondary N) is 1. The molecule has 2 heterocycles. The second kappa shape index (κ2) is 6.06. The Bertz CT molecular complexity index is 494. The molecule has 5 nitrogen and oxygen atoms in total. The lowest BCUT2D eigenvalue weighted by Crippen LogP contribution is -2.18. The second-order valence-corrected chi connectivity index (χ2v) is 5.01. The number of aromatic nitrogens is 3.